The van der Waals surface area contributed by atoms with Gasteiger partial charge in [0.15, 0.2) is 0 Å². The lowest BCUT2D eigenvalue weighted by Gasteiger charge is -2.33. The van der Waals surface area contributed by atoms with Crippen molar-refractivity contribution in [1.82, 2.24) is 4.57 Å². The van der Waals surface area contributed by atoms with Crippen LogP contribution in [0.15, 0.2) is 29.2 Å². The molecule has 0 unspecified atom stereocenters. The Morgan fingerprint density at radius 1 is 1.12 bits per heavy atom. The fraction of sp³-hybridized carbons (Fsp3) is 0.577. The van der Waals surface area contributed by atoms with Crippen LogP contribution in [0.5, 0.6) is 0 Å². The summed E-state index contributed by atoms with van der Waals surface area (Å²) in [6.45, 7) is 10.1. The molecule has 186 valence electrons. The van der Waals surface area contributed by atoms with E-state index in [-0.39, 0.29) is 22.8 Å². The Balaban J connectivity index is 1.83. The Kier molecular flexibility index (Phi) is 6.95. The molecule has 0 atom stereocenters. The molecule has 2 heterocycles. The number of morpholine rings is 1. The Morgan fingerprint density at radius 3 is 2.44 bits per heavy atom. The first-order valence-corrected chi connectivity index (χ1v) is 13.8. The van der Waals surface area contributed by atoms with Crippen LogP contribution in [-0.4, -0.2) is 38.7 Å². The quantitative estimate of drug-likeness (QED) is 0.678. The van der Waals surface area contributed by atoms with E-state index in [0.29, 0.717) is 24.8 Å². The lowest BCUT2D eigenvalue weighted by molar-refractivity contribution is -0.125. The van der Waals surface area contributed by atoms with Crippen LogP contribution in [0.1, 0.15) is 64.1 Å². The summed E-state index contributed by atoms with van der Waals surface area (Å²) in [5.74, 6) is 0.483. The molecule has 8 heteroatoms. The van der Waals surface area contributed by atoms with E-state index < -0.39 is 10.0 Å². The van der Waals surface area contributed by atoms with Crippen molar-refractivity contribution >= 4 is 21.6 Å². The number of aromatic nitrogens is 1. The van der Waals surface area contributed by atoms with Crippen LogP contribution in [0.25, 0.3) is 11.3 Å². The van der Waals surface area contributed by atoms with E-state index in [1.165, 1.54) is 19.3 Å². The van der Waals surface area contributed by atoms with E-state index in [4.69, 9.17) is 9.88 Å². The smallest absolute Gasteiger partial charge is 0.253 e. The van der Waals surface area contributed by atoms with Gasteiger partial charge in [0, 0.05) is 30.2 Å². The van der Waals surface area contributed by atoms with Crippen LogP contribution in [0.2, 0.25) is 0 Å². The maximum Gasteiger partial charge on any atom is 0.253 e. The standard InChI is InChI=1S/C26H37N3O4S/c1-18-24(34(27,31)32)15-23(29(18)16-19-8-6-5-7-9-19)20-10-11-22(21(14-20)26(2,3)4)28-12-13-33-17-25(28)30/h10-11,14-15,19H,5-9,12-13,16-17H2,1-4H3,(H2,27,31,32). The number of sulfonamides is 1. The predicted molar refractivity (Wildman–Crippen MR) is 134 cm³/mol. The van der Waals surface area contributed by atoms with E-state index >= 15 is 0 Å². The fourth-order valence-electron chi connectivity index (χ4n) is 5.31. The number of benzene rings is 1. The second-order valence-electron chi connectivity index (χ2n) is 10.7. The lowest BCUT2D eigenvalue weighted by Crippen LogP contribution is -2.42. The molecule has 34 heavy (non-hydrogen) atoms. The van der Waals surface area contributed by atoms with Gasteiger partial charge in [0.05, 0.1) is 6.61 Å². The van der Waals surface area contributed by atoms with Gasteiger partial charge in [-0.15, -0.1) is 0 Å². The first kappa shape index (κ1) is 24.9. The van der Waals surface area contributed by atoms with Gasteiger partial charge >= 0.3 is 0 Å². The molecule has 2 aromatic rings. The molecule has 4 rings (SSSR count). The number of carbonyl (C=O) groups excluding carboxylic acids is 1. The molecule has 0 radical (unpaired) electrons. The summed E-state index contributed by atoms with van der Waals surface area (Å²) in [4.78, 5) is 14.6. The van der Waals surface area contributed by atoms with Gasteiger partial charge in [-0.25, -0.2) is 13.6 Å². The third-order valence-electron chi connectivity index (χ3n) is 7.17. The second-order valence-corrected chi connectivity index (χ2v) is 12.2. The molecule has 2 aliphatic rings. The van der Waals surface area contributed by atoms with Crippen molar-refractivity contribution < 1.29 is 17.9 Å². The van der Waals surface area contributed by atoms with Crippen molar-refractivity contribution in [3.05, 3.63) is 35.5 Å². The van der Waals surface area contributed by atoms with Crippen molar-refractivity contribution in [2.75, 3.05) is 24.7 Å². The number of amides is 1. The molecule has 0 spiro atoms. The molecule has 0 bridgehead atoms. The van der Waals surface area contributed by atoms with Crippen LogP contribution in [-0.2, 0) is 31.5 Å². The highest BCUT2D eigenvalue weighted by molar-refractivity contribution is 7.89. The van der Waals surface area contributed by atoms with Crippen molar-refractivity contribution in [2.24, 2.45) is 11.1 Å². The van der Waals surface area contributed by atoms with Crippen molar-refractivity contribution in [2.45, 2.75) is 76.7 Å². The molecule has 2 N–H and O–H groups in total. The van der Waals surface area contributed by atoms with Crippen LogP contribution in [0.4, 0.5) is 5.69 Å². The van der Waals surface area contributed by atoms with Gasteiger partial charge in [-0.1, -0.05) is 46.1 Å². The summed E-state index contributed by atoms with van der Waals surface area (Å²) >= 11 is 0. The second kappa shape index (κ2) is 9.47. The van der Waals surface area contributed by atoms with Gasteiger partial charge < -0.3 is 14.2 Å². The van der Waals surface area contributed by atoms with Gasteiger partial charge in [-0.2, -0.15) is 0 Å². The number of nitrogens with zero attached hydrogens (tertiary/aromatic N) is 2. The minimum absolute atomic E-state index is 0.0440. The minimum atomic E-state index is -3.84. The molecular weight excluding hydrogens is 450 g/mol. The maximum atomic E-state index is 12.6. The SMILES string of the molecule is Cc1c(S(N)(=O)=O)cc(-c2ccc(N3CCOCC3=O)c(C(C)(C)C)c2)n1CC1CCCCC1. The number of hydrogen-bond acceptors (Lipinski definition) is 4. The highest BCUT2D eigenvalue weighted by atomic mass is 32.2. The molecular formula is C26H37N3O4S. The molecule has 2 fully saturated rings. The average Bonchev–Trinajstić information content (AvgIpc) is 3.10. The van der Waals surface area contributed by atoms with Crippen LogP contribution >= 0.6 is 0 Å². The van der Waals surface area contributed by atoms with Gasteiger partial charge in [-0.05, 0) is 60.4 Å². The van der Waals surface area contributed by atoms with E-state index in [9.17, 15) is 13.2 Å². The summed E-state index contributed by atoms with van der Waals surface area (Å²) in [6.07, 6.45) is 6.03. The van der Waals surface area contributed by atoms with E-state index in [0.717, 1.165) is 41.9 Å². The van der Waals surface area contributed by atoms with Gasteiger partial charge in [0.25, 0.3) is 5.91 Å². The summed E-state index contributed by atoms with van der Waals surface area (Å²) in [6, 6.07) is 7.81. The van der Waals surface area contributed by atoms with Crippen LogP contribution < -0.4 is 10.0 Å². The molecule has 7 nitrogen and oxygen atoms in total. The number of ether oxygens (including phenoxy) is 1. The lowest BCUT2D eigenvalue weighted by atomic mass is 9.84. The Morgan fingerprint density at radius 2 is 1.82 bits per heavy atom. The molecule has 1 saturated heterocycles. The van der Waals surface area contributed by atoms with Crippen molar-refractivity contribution in [3.8, 4) is 11.3 Å². The van der Waals surface area contributed by atoms with Crippen molar-refractivity contribution in [3.63, 3.8) is 0 Å². The number of primary sulfonamides is 1. The summed E-state index contributed by atoms with van der Waals surface area (Å²) in [7, 11) is -3.84. The molecule has 1 amide bonds. The third kappa shape index (κ3) is 5.09. The number of nitrogens with two attached hydrogens (primary N) is 1. The Hall–Kier alpha value is -2.16. The number of rotatable bonds is 5. The number of carbonyl (C=O) groups is 1. The van der Waals surface area contributed by atoms with Gasteiger partial charge in [0.2, 0.25) is 10.0 Å². The Bertz CT molecular complexity index is 1170. The molecule has 1 aliphatic heterocycles. The fourth-order valence-corrected chi connectivity index (χ4v) is 6.11. The monoisotopic (exact) mass is 487 g/mol. The maximum absolute atomic E-state index is 12.6. The summed E-state index contributed by atoms with van der Waals surface area (Å²) in [5.41, 5.74) is 4.19. The largest absolute Gasteiger partial charge is 0.370 e. The zero-order valence-electron chi connectivity index (χ0n) is 20.8. The summed E-state index contributed by atoms with van der Waals surface area (Å²) < 4.78 is 32.2. The first-order valence-electron chi connectivity index (χ1n) is 12.2. The number of anilines is 1. The first-order chi connectivity index (χ1) is 16.0. The summed E-state index contributed by atoms with van der Waals surface area (Å²) in [5, 5.41) is 5.59. The zero-order valence-corrected chi connectivity index (χ0v) is 21.6. The third-order valence-corrected chi connectivity index (χ3v) is 8.20. The van der Waals surface area contributed by atoms with E-state index in [1.54, 1.807) is 11.0 Å². The van der Waals surface area contributed by atoms with E-state index in [2.05, 4.69) is 31.4 Å². The van der Waals surface area contributed by atoms with Crippen LogP contribution in [0.3, 0.4) is 0 Å². The molecule has 1 aliphatic carbocycles. The normalized spacial score (nSPS) is 18.5. The van der Waals surface area contributed by atoms with E-state index in [1.807, 2.05) is 19.1 Å². The highest BCUT2D eigenvalue weighted by Crippen LogP contribution is 2.38. The molecule has 1 saturated carbocycles. The highest BCUT2D eigenvalue weighted by Gasteiger charge is 2.29. The van der Waals surface area contributed by atoms with Crippen molar-refractivity contribution in [1.29, 1.82) is 0 Å². The molecule has 1 aromatic heterocycles. The topological polar surface area (TPSA) is 94.6 Å². The van der Waals surface area contributed by atoms with Gasteiger partial charge in [-0.3, -0.25) is 4.79 Å². The Labute approximate surface area is 203 Å². The van der Waals surface area contributed by atoms with Gasteiger partial charge in [0.1, 0.15) is 11.5 Å². The predicted octanol–water partition coefficient (Wildman–Crippen LogP) is 4.35. The number of hydrogen-bond donors (Lipinski definition) is 1. The minimum Gasteiger partial charge on any atom is -0.370 e. The molecule has 1 aromatic carbocycles. The zero-order chi connectivity index (χ0) is 24.7. The average molecular weight is 488 g/mol. The van der Waals surface area contributed by atoms with Crippen LogP contribution in [0, 0.1) is 12.8 Å².